The number of aryl methyl sites for hydroxylation is 3. The SMILES string of the molecule is Cc1cc(-c2nc(C)nc3c2ccc2ccc(C)cc23)cc(C(C)(C)C)c1. The van der Waals surface area contributed by atoms with Crippen molar-refractivity contribution in [2.24, 2.45) is 0 Å². The summed E-state index contributed by atoms with van der Waals surface area (Å²) in [6, 6.07) is 17.7. The molecule has 0 amide bonds. The largest absolute Gasteiger partial charge is 0.233 e. The Hall–Kier alpha value is -2.74. The van der Waals surface area contributed by atoms with Crippen LogP contribution in [0.25, 0.3) is 32.9 Å². The Bertz CT molecular complexity index is 1180. The zero-order valence-electron chi connectivity index (χ0n) is 17.0. The Kier molecular flexibility index (Phi) is 4.03. The van der Waals surface area contributed by atoms with E-state index in [1.54, 1.807) is 0 Å². The number of hydrogen-bond acceptors (Lipinski definition) is 2. The summed E-state index contributed by atoms with van der Waals surface area (Å²) in [5.74, 6) is 0.810. The minimum absolute atomic E-state index is 0.0997. The molecule has 0 aliphatic rings. The molecule has 0 atom stereocenters. The van der Waals surface area contributed by atoms with E-state index in [2.05, 4.69) is 83.1 Å². The molecular weight excluding hydrogens is 328 g/mol. The third-order valence-electron chi connectivity index (χ3n) is 5.17. The van der Waals surface area contributed by atoms with Crippen LogP contribution in [0, 0.1) is 20.8 Å². The van der Waals surface area contributed by atoms with Crippen LogP contribution in [0.4, 0.5) is 0 Å². The maximum Gasteiger partial charge on any atom is 0.126 e. The molecule has 0 spiro atoms. The average Bonchev–Trinajstić information content (AvgIpc) is 2.59. The molecule has 0 saturated heterocycles. The van der Waals surface area contributed by atoms with Crippen molar-refractivity contribution < 1.29 is 0 Å². The monoisotopic (exact) mass is 354 g/mol. The molecule has 3 aromatic carbocycles. The maximum absolute atomic E-state index is 4.85. The Morgan fingerprint density at radius 3 is 2.19 bits per heavy atom. The van der Waals surface area contributed by atoms with E-state index in [4.69, 9.17) is 9.97 Å². The molecule has 0 radical (unpaired) electrons. The topological polar surface area (TPSA) is 25.8 Å². The number of fused-ring (bicyclic) bond motifs is 3. The molecule has 1 heterocycles. The van der Waals surface area contributed by atoms with Crippen LogP contribution in [0.1, 0.15) is 43.3 Å². The van der Waals surface area contributed by atoms with Crippen molar-refractivity contribution in [3.63, 3.8) is 0 Å². The molecule has 0 fully saturated rings. The summed E-state index contributed by atoms with van der Waals surface area (Å²) in [6.07, 6.45) is 0. The summed E-state index contributed by atoms with van der Waals surface area (Å²) >= 11 is 0. The molecule has 2 heteroatoms. The quantitative estimate of drug-likeness (QED) is 0.357. The van der Waals surface area contributed by atoms with Crippen molar-refractivity contribution in [3.05, 3.63) is 71.0 Å². The Morgan fingerprint density at radius 2 is 1.44 bits per heavy atom. The first-order chi connectivity index (χ1) is 12.7. The normalized spacial score (nSPS) is 12.1. The van der Waals surface area contributed by atoms with Gasteiger partial charge in [-0.25, -0.2) is 9.97 Å². The molecule has 0 aliphatic heterocycles. The molecule has 0 saturated carbocycles. The number of aromatic nitrogens is 2. The number of rotatable bonds is 1. The van der Waals surface area contributed by atoms with Gasteiger partial charge in [-0.1, -0.05) is 56.2 Å². The van der Waals surface area contributed by atoms with Crippen molar-refractivity contribution in [2.75, 3.05) is 0 Å². The Morgan fingerprint density at radius 1 is 0.704 bits per heavy atom. The van der Waals surface area contributed by atoms with Gasteiger partial charge >= 0.3 is 0 Å². The highest BCUT2D eigenvalue weighted by Crippen LogP contribution is 2.34. The van der Waals surface area contributed by atoms with Crippen LogP contribution in [0.2, 0.25) is 0 Å². The van der Waals surface area contributed by atoms with Crippen LogP contribution in [0.5, 0.6) is 0 Å². The smallest absolute Gasteiger partial charge is 0.126 e. The van der Waals surface area contributed by atoms with Gasteiger partial charge in [-0.05, 0) is 61.4 Å². The van der Waals surface area contributed by atoms with Gasteiger partial charge in [0.2, 0.25) is 0 Å². The fraction of sp³-hybridized carbons (Fsp3) is 0.280. The first-order valence-electron chi connectivity index (χ1n) is 9.53. The van der Waals surface area contributed by atoms with Gasteiger partial charge in [0.15, 0.2) is 0 Å². The summed E-state index contributed by atoms with van der Waals surface area (Å²) in [7, 11) is 0. The van der Waals surface area contributed by atoms with E-state index in [-0.39, 0.29) is 5.41 Å². The van der Waals surface area contributed by atoms with E-state index in [9.17, 15) is 0 Å². The van der Waals surface area contributed by atoms with E-state index >= 15 is 0 Å². The fourth-order valence-electron chi connectivity index (χ4n) is 3.71. The fourth-order valence-corrected chi connectivity index (χ4v) is 3.71. The molecule has 0 aliphatic carbocycles. The summed E-state index contributed by atoms with van der Waals surface area (Å²) in [6.45, 7) is 13.0. The third-order valence-corrected chi connectivity index (χ3v) is 5.17. The van der Waals surface area contributed by atoms with Crippen LogP contribution in [0.3, 0.4) is 0 Å². The Labute approximate surface area is 161 Å². The van der Waals surface area contributed by atoms with Gasteiger partial charge in [-0.3, -0.25) is 0 Å². The summed E-state index contributed by atoms with van der Waals surface area (Å²) in [5.41, 5.74) is 7.17. The van der Waals surface area contributed by atoms with Crippen molar-refractivity contribution in [3.8, 4) is 11.3 Å². The summed E-state index contributed by atoms with van der Waals surface area (Å²) < 4.78 is 0. The summed E-state index contributed by atoms with van der Waals surface area (Å²) in [5, 5.41) is 3.53. The number of benzene rings is 3. The minimum Gasteiger partial charge on any atom is -0.233 e. The molecule has 2 nitrogen and oxygen atoms in total. The molecule has 136 valence electrons. The average molecular weight is 354 g/mol. The number of hydrogen-bond donors (Lipinski definition) is 0. The van der Waals surface area contributed by atoms with Crippen LogP contribution in [-0.4, -0.2) is 9.97 Å². The van der Waals surface area contributed by atoms with Crippen LogP contribution in [-0.2, 0) is 5.41 Å². The van der Waals surface area contributed by atoms with Gasteiger partial charge in [0, 0.05) is 16.3 Å². The zero-order valence-corrected chi connectivity index (χ0v) is 17.0. The van der Waals surface area contributed by atoms with Crippen LogP contribution >= 0.6 is 0 Å². The van der Waals surface area contributed by atoms with Crippen molar-refractivity contribution >= 4 is 21.7 Å². The van der Waals surface area contributed by atoms with Crippen LogP contribution in [0.15, 0.2) is 48.5 Å². The highest BCUT2D eigenvalue weighted by molar-refractivity contribution is 6.09. The van der Waals surface area contributed by atoms with Crippen molar-refractivity contribution in [1.82, 2.24) is 9.97 Å². The predicted molar refractivity (Wildman–Crippen MR) is 115 cm³/mol. The predicted octanol–water partition coefficient (Wildman–Crippen LogP) is 6.67. The molecule has 1 aromatic heterocycles. The van der Waals surface area contributed by atoms with Gasteiger partial charge in [-0.15, -0.1) is 0 Å². The van der Waals surface area contributed by atoms with Gasteiger partial charge < -0.3 is 0 Å². The second-order valence-electron chi connectivity index (χ2n) is 8.64. The zero-order chi connectivity index (χ0) is 19.3. The van der Waals surface area contributed by atoms with E-state index in [0.717, 1.165) is 22.4 Å². The second-order valence-corrected chi connectivity index (χ2v) is 8.64. The molecular formula is C25H26N2. The Balaban J connectivity index is 2.07. The van der Waals surface area contributed by atoms with Crippen molar-refractivity contribution in [1.29, 1.82) is 0 Å². The molecule has 27 heavy (non-hydrogen) atoms. The van der Waals surface area contributed by atoms with E-state index < -0.39 is 0 Å². The van der Waals surface area contributed by atoms with Crippen molar-refractivity contribution in [2.45, 2.75) is 47.0 Å². The molecule has 4 rings (SSSR count). The minimum atomic E-state index is 0.0997. The maximum atomic E-state index is 4.85. The molecule has 0 bridgehead atoms. The standard InChI is InChI=1S/C25H26N2/c1-15-7-8-18-9-10-21-23(26-17(3)27-24(21)22(18)13-15)19-11-16(2)12-20(14-19)25(4,5)6/h7-14H,1-6H3. The van der Waals surface area contributed by atoms with E-state index in [1.165, 1.54) is 33.0 Å². The first kappa shape index (κ1) is 17.7. The highest BCUT2D eigenvalue weighted by Gasteiger charge is 2.17. The number of nitrogens with zero attached hydrogens (tertiary/aromatic N) is 2. The first-order valence-corrected chi connectivity index (χ1v) is 9.53. The lowest BCUT2D eigenvalue weighted by molar-refractivity contribution is 0.590. The van der Waals surface area contributed by atoms with E-state index in [0.29, 0.717) is 0 Å². The lowest BCUT2D eigenvalue weighted by Crippen LogP contribution is -2.11. The van der Waals surface area contributed by atoms with Crippen LogP contribution < -0.4 is 0 Å². The van der Waals surface area contributed by atoms with Gasteiger partial charge in [0.25, 0.3) is 0 Å². The van der Waals surface area contributed by atoms with Gasteiger partial charge in [0.05, 0.1) is 11.2 Å². The second kappa shape index (κ2) is 6.16. The molecule has 0 N–H and O–H groups in total. The lowest BCUT2D eigenvalue weighted by Gasteiger charge is -2.21. The van der Waals surface area contributed by atoms with E-state index in [1.807, 2.05) is 6.92 Å². The van der Waals surface area contributed by atoms with Gasteiger partial charge in [-0.2, -0.15) is 0 Å². The lowest BCUT2D eigenvalue weighted by atomic mass is 9.84. The van der Waals surface area contributed by atoms with Gasteiger partial charge in [0.1, 0.15) is 5.82 Å². The highest BCUT2D eigenvalue weighted by atomic mass is 14.9. The summed E-state index contributed by atoms with van der Waals surface area (Å²) in [4.78, 5) is 9.67. The molecule has 4 aromatic rings. The molecule has 0 unspecified atom stereocenters. The third kappa shape index (κ3) is 3.21.